The van der Waals surface area contributed by atoms with Crippen molar-refractivity contribution in [1.29, 1.82) is 0 Å². The largest absolute Gasteiger partial charge is 0.452 e. The average molecular weight is 421 g/mol. The summed E-state index contributed by atoms with van der Waals surface area (Å²) in [6, 6.07) is 14.5. The molecule has 7 nitrogen and oxygen atoms in total. The number of carbonyl (C=O) groups excluding carboxylic acids is 2. The van der Waals surface area contributed by atoms with Gasteiger partial charge in [-0.1, -0.05) is 30.3 Å². The van der Waals surface area contributed by atoms with Crippen LogP contribution >= 0.6 is 0 Å². The molecule has 0 unspecified atom stereocenters. The first-order valence-electron chi connectivity index (χ1n) is 10.3. The lowest BCUT2D eigenvalue weighted by atomic mass is 10.2. The zero-order valence-electron chi connectivity index (χ0n) is 18.3. The van der Waals surface area contributed by atoms with E-state index < -0.39 is 5.97 Å². The van der Waals surface area contributed by atoms with Crippen LogP contribution in [0.4, 0.5) is 0 Å². The Kier molecular flexibility index (Phi) is 6.84. The molecule has 0 saturated carbocycles. The Morgan fingerprint density at radius 1 is 1.13 bits per heavy atom. The van der Waals surface area contributed by atoms with E-state index in [1.165, 1.54) is 0 Å². The molecule has 3 rings (SSSR count). The molecule has 0 aliphatic rings. The lowest BCUT2D eigenvalue weighted by Crippen LogP contribution is -2.39. The quantitative estimate of drug-likeness (QED) is 0.547. The van der Waals surface area contributed by atoms with Crippen LogP contribution in [0.3, 0.4) is 0 Å². The maximum Gasteiger partial charge on any atom is 0.338 e. The lowest BCUT2D eigenvalue weighted by Gasteiger charge is -2.26. The number of aryl methyl sites for hydroxylation is 2. The first kappa shape index (κ1) is 22.2. The number of fused-ring (bicyclic) bond motifs is 1. The molecular weight excluding hydrogens is 394 g/mol. The highest BCUT2D eigenvalue weighted by Gasteiger charge is 2.20. The van der Waals surface area contributed by atoms with Gasteiger partial charge in [0.05, 0.1) is 16.6 Å². The number of hydrogen-bond donors (Lipinski definition) is 0. The molecule has 3 aromatic rings. The summed E-state index contributed by atoms with van der Waals surface area (Å²) in [5.41, 5.74) is 2.69. The second-order valence-corrected chi connectivity index (χ2v) is 7.63. The van der Waals surface area contributed by atoms with Gasteiger partial charge in [-0.25, -0.2) is 9.78 Å². The number of amides is 1. The van der Waals surface area contributed by atoms with Crippen LogP contribution in [0.5, 0.6) is 0 Å². The first-order chi connectivity index (χ1) is 14.8. The Morgan fingerprint density at radius 2 is 1.84 bits per heavy atom. The van der Waals surface area contributed by atoms with Crippen molar-refractivity contribution >= 4 is 22.9 Å². The summed E-state index contributed by atoms with van der Waals surface area (Å²) >= 11 is 0. The van der Waals surface area contributed by atoms with Gasteiger partial charge in [0.15, 0.2) is 6.61 Å². The van der Waals surface area contributed by atoms with Crippen molar-refractivity contribution in [2.45, 2.75) is 46.8 Å². The predicted octanol–water partition coefficient (Wildman–Crippen LogP) is 3.32. The smallest absolute Gasteiger partial charge is 0.338 e. The molecule has 162 valence electrons. The maximum absolute atomic E-state index is 12.7. The van der Waals surface area contributed by atoms with E-state index in [4.69, 9.17) is 4.74 Å². The molecule has 0 spiro atoms. The van der Waals surface area contributed by atoms with Gasteiger partial charge in [-0.2, -0.15) is 0 Å². The molecule has 0 N–H and O–H groups in total. The van der Waals surface area contributed by atoms with Gasteiger partial charge in [-0.3, -0.25) is 9.59 Å². The molecule has 1 aromatic heterocycles. The van der Waals surface area contributed by atoms with Gasteiger partial charge in [0.1, 0.15) is 5.69 Å². The zero-order valence-corrected chi connectivity index (χ0v) is 18.3. The van der Waals surface area contributed by atoms with Crippen molar-refractivity contribution in [2.75, 3.05) is 6.61 Å². The summed E-state index contributed by atoms with van der Waals surface area (Å²) in [6.07, 6.45) is 0. The summed E-state index contributed by atoms with van der Waals surface area (Å²) in [7, 11) is 0. The fourth-order valence-electron chi connectivity index (χ4n) is 3.45. The standard InChI is InChI=1S/C24H27N3O4/c1-5-26-21-12-11-19(13-20(21)25-17(4)23(26)29)24(30)31-15-22(28)27(16(2)3)14-18-9-7-6-8-10-18/h6-13,16H,5,14-15H2,1-4H3. The molecule has 0 saturated heterocycles. The maximum atomic E-state index is 12.7. The van der Waals surface area contributed by atoms with Gasteiger partial charge in [0, 0.05) is 19.1 Å². The van der Waals surface area contributed by atoms with Gasteiger partial charge < -0.3 is 14.2 Å². The van der Waals surface area contributed by atoms with Gasteiger partial charge in [0.25, 0.3) is 11.5 Å². The highest BCUT2D eigenvalue weighted by molar-refractivity contribution is 5.94. The van der Waals surface area contributed by atoms with Crippen LogP contribution in [-0.2, 0) is 22.6 Å². The minimum Gasteiger partial charge on any atom is -0.452 e. The molecule has 0 fully saturated rings. The van der Waals surface area contributed by atoms with Crippen LogP contribution < -0.4 is 5.56 Å². The van der Waals surface area contributed by atoms with Crippen LogP contribution in [0.1, 0.15) is 42.4 Å². The molecule has 31 heavy (non-hydrogen) atoms. The van der Waals surface area contributed by atoms with Gasteiger partial charge >= 0.3 is 5.97 Å². The highest BCUT2D eigenvalue weighted by atomic mass is 16.5. The molecule has 0 aliphatic heterocycles. The Balaban J connectivity index is 1.73. The Labute approximate surface area is 181 Å². The number of benzene rings is 2. The van der Waals surface area contributed by atoms with E-state index in [1.807, 2.05) is 51.1 Å². The average Bonchev–Trinajstić information content (AvgIpc) is 2.76. The minimum absolute atomic E-state index is 0.0370. The van der Waals surface area contributed by atoms with E-state index in [2.05, 4.69) is 4.98 Å². The SMILES string of the molecule is CCn1c(=O)c(C)nc2cc(C(=O)OCC(=O)N(Cc3ccccc3)C(C)C)ccc21. The molecule has 7 heteroatoms. The number of hydrogen-bond acceptors (Lipinski definition) is 5. The van der Waals surface area contributed by atoms with Crippen LogP contribution in [-0.4, -0.2) is 39.0 Å². The fraction of sp³-hybridized carbons (Fsp3) is 0.333. The molecule has 1 amide bonds. The topological polar surface area (TPSA) is 81.5 Å². The first-order valence-corrected chi connectivity index (χ1v) is 10.3. The second-order valence-electron chi connectivity index (χ2n) is 7.63. The van der Waals surface area contributed by atoms with Crippen molar-refractivity contribution in [3.05, 3.63) is 75.7 Å². The van der Waals surface area contributed by atoms with E-state index in [9.17, 15) is 14.4 Å². The summed E-state index contributed by atoms with van der Waals surface area (Å²) in [5.74, 6) is -0.867. The molecule has 0 bridgehead atoms. The normalized spacial score (nSPS) is 11.0. The Bertz CT molecular complexity index is 1150. The van der Waals surface area contributed by atoms with Crippen molar-refractivity contribution in [3.8, 4) is 0 Å². The van der Waals surface area contributed by atoms with E-state index in [-0.39, 0.29) is 29.7 Å². The predicted molar refractivity (Wildman–Crippen MR) is 119 cm³/mol. The van der Waals surface area contributed by atoms with Gasteiger partial charge in [-0.15, -0.1) is 0 Å². The minimum atomic E-state index is -0.604. The summed E-state index contributed by atoms with van der Waals surface area (Å²) < 4.78 is 6.90. The van der Waals surface area contributed by atoms with Crippen LogP contribution in [0.15, 0.2) is 53.3 Å². The Hall–Kier alpha value is -3.48. The van der Waals surface area contributed by atoms with Crippen molar-refractivity contribution in [2.24, 2.45) is 0 Å². The molecule has 0 aliphatic carbocycles. The Morgan fingerprint density at radius 3 is 2.48 bits per heavy atom. The molecule has 2 aromatic carbocycles. The third-order valence-electron chi connectivity index (χ3n) is 5.13. The lowest BCUT2D eigenvalue weighted by molar-refractivity contribution is -0.136. The number of ether oxygens (including phenoxy) is 1. The zero-order chi connectivity index (χ0) is 22.5. The molecule has 1 heterocycles. The van der Waals surface area contributed by atoms with E-state index >= 15 is 0 Å². The number of rotatable bonds is 7. The van der Waals surface area contributed by atoms with Crippen molar-refractivity contribution in [3.63, 3.8) is 0 Å². The van der Waals surface area contributed by atoms with E-state index in [1.54, 1.807) is 34.6 Å². The second kappa shape index (κ2) is 9.55. The van der Waals surface area contributed by atoms with E-state index in [0.29, 0.717) is 29.8 Å². The highest BCUT2D eigenvalue weighted by Crippen LogP contribution is 2.15. The third-order valence-corrected chi connectivity index (χ3v) is 5.13. The van der Waals surface area contributed by atoms with Gasteiger partial charge in [0.2, 0.25) is 0 Å². The monoisotopic (exact) mass is 421 g/mol. The summed E-state index contributed by atoms with van der Waals surface area (Å²) in [4.78, 5) is 43.5. The van der Waals surface area contributed by atoms with E-state index in [0.717, 1.165) is 5.56 Å². The summed E-state index contributed by atoms with van der Waals surface area (Å²) in [5, 5.41) is 0. The fourth-order valence-corrected chi connectivity index (χ4v) is 3.45. The number of esters is 1. The van der Waals surface area contributed by atoms with Crippen molar-refractivity contribution in [1.82, 2.24) is 14.5 Å². The van der Waals surface area contributed by atoms with Crippen LogP contribution in [0.2, 0.25) is 0 Å². The van der Waals surface area contributed by atoms with Crippen LogP contribution in [0.25, 0.3) is 11.0 Å². The van der Waals surface area contributed by atoms with Gasteiger partial charge in [-0.05, 0) is 51.5 Å². The number of aromatic nitrogens is 2. The molecule has 0 radical (unpaired) electrons. The third kappa shape index (κ3) is 4.99. The number of nitrogens with zero attached hydrogens (tertiary/aromatic N) is 3. The van der Waals surface area contributed by atoms with Crippen LogP contribution in [0, 0.1) is 6.92 Å². The molecule has 0 atom stereocenters. The molecular formula is C24H27N3O4. The van der Waals surface area contributed by atoms with Crippen molar-refractivity contribution < 1.29 is 14.3 Å². The number of carbonyl (C=O) groups is 2. The summed E-state index contributed by atoms with van der Waals surface area (Å²) in [6.45, 7) is 7.98.